The molecule has 0 amide bonds. The Morgan fingerprint density at radius 3 is 2.50 bits per heavy atom. The van der Waals surface area contributed by atoms with Crippen molar-refractivity contribution in [3.8, 4) is 0 Å². The van der Waals surface area contributed by atoms with Crippen molar-refractivity contribution in [1.29, 1.82) is 0 Å². The molecule has 0 spiro atoms. The normalized spacial score (nSPS) is 34.7. The van der Waals surface area contributed by atoms with Gasteiger partial charge in [-0.2, -0.15) is 0 Å². The molecule has 1 aliphatic rings. The standard InChI is InChI=1S/C7H11FO2/c1-4-3-10-7(4)6(8)5(2)9/h4,6-7H,3H2,1-2H3. The van der Waals surface area contributed by atoms with Gasteiger partial charge in [0, 0.05) is 5.92 Å². The number of ether oxygens (including phenoxy) is 1. The number of hydrogen-bond acceptors (Lipinski definition) is 2. The van der Waals surface area contributed by atoms with E-state index < -0.39 is 18.1 Å². The highest BCUT2D eigenvalue weighted by molar-refractivity contribution is 5.81. The van der Waals surface area contributed by atoms with Crippen molar-refractivity contribution in [2.75, 3.05) is 6.61 Å². The fourth-order valence-corrected chi connectivity index (χ4v) is 1.00. The molecule has 0 N–H and O–H groups in total. The molecule has 3 unspecified atom stereocenters. The number of hydrogen-bond donors (Lipinski definition) is 0. The molecule has 0 aromatic heterocycles. The van der Waals surface area contributed by atoms with Gasteiger partial charge in [0.15, 0.2) is 12.0 Å². The summed E-state index contributed by atoms with van der Waals surface area (Å²) in [5.41, 5.74) is 0. The summed E-state index contributed by atoms with van der Waals surface area (Å²) in [5.74, 6) is -0.240. The van der Waals surface area contributed by atoms with Crippen molar-refractivity contribution in [2.24, 2.45) is 5.92 Å². The number of carbonyl (C=O) groups excluding carboxylic acids is 1. The van der Waals surface area contributed by atoms with Crippen LogP contribution in [0.15, 0.2) is 0 Å². The number of alkyl halides is 1. The van der Waals surface area contributed by atoms with Gasteiger partial charge < -0.3 is 4.74 Å². The maximum Gasteiger partial charge on any atom is 0.184 e. The van der Waals surface area contributed by atoms with Gasteiger partial charge in [0.25, 0.3) is 0 Å². The molecule has 58 valence electrons. The Morgan fingerprint density at radius 1 is 1.80 bits per heavy atom. The molecule has 1 fully saturated rings. The molecule has 0 aliphatic carbocycles. The van der Waals surface area contributed by atoms with Crippen LogP contribution in [0, 0.1) is 5.92 Å². The minimum Gasteiger partial charge on any atom is -0.374 e. The Hall–Kier alpha value is -0.440. The summed E-state index contributed by atoms with van der Waals surface area (Å²) in [7, 11) is 0. The minimum atomic E-state index is -1.41. The lowest BCUT2D eigenvalue weighted by molar-refractivity contribution is -0.156. The van der Waals surface area contributed by atoms with Gasteiger partial charge in [0.05, 0.1) is 6.61 Å². The summed E-state index contributed by atoms with van der Waals surface area (Å²) in [6.45, 7) is 3.71. The van der Waals surface area contributed by atoms with Crippen LogP contribution >= 0.6 is 0 Å². The first-order valence-electron chi connectivity index (χ1n) is 3.39. The summed E-state index contributed by atoms with van der Waals surface area (Å²) in [4.78, 5) is 10.5. The molecule has 1 saturated heterocycles. The lowest BCUT2D eigenvalue weighted by Gasteiger charge is -2.35. The molecular weight excluding hydrogens is 135 g/mol. The topological polar surface area (TPSA) is 26.3 Å². The molecule has 0 aromatic rings. The van der Waals surface area contributed by atoms with Gasteiger partial charge >= 0.3 is 0 Å². The summed E-state index contributed by atoms with van der Waals surface area (Å²) in [6.07, 6.45) is -1.89. The molecule has 1 heterocycles. The molecule has 1 aliphatic heterocycles. The second-order valence-corrected chi connectivity index (χ2v) is 2.79. The van der Waals surface area contributed by atoms with Crippen molar-refractivity contribution < 1.29 is 13.9 Å². The molecule has 10 heavy (non-hydrogen) atoms. The average molecular weight is 146 g/mol. The van der Waals surface area contributed by atoms with Crippen LogP contribution in [0.3, 0.4) is 0 Å². The molecule has 0 bridgehead atoms. The SMILES string of the molecule is CC(=O)C(F)C1OCC1C. The molecule has 0 aromatic carbocycles. The Bertz CT molecular complexity index is 147. The van der Waals surface area contributed by atoms with Crippen LogP contribution in [-0.4, -0.2) is 24.7 Å². The third kappa shape index (κ3) is 1.19. The van der Waals surface area contributed by atoms with E-state index in [9.17, 15) is 9.18 Å². The number of halogens is 1. The van der Waals surface area contributed by atoms with Crippen LogP contribution in [0.2, 0.25) is 0 Å². The highest BCUT2D eigenvalue weighted by Gasteiger charge is 2.37. The molecule has 0 radical (unpaired) electrons. The largest absolute Gasteiger partial charge is 0.374 e. The van der Waals surface area contributed by atoms with E-state index in [0.29, 0.717) is 6.61 Å². The van der Waals surface area contributed by atoms with Crippen molar-refractivity contribution in [1.82, 2.24) is 0 Å². The second-order valence-electron chi connectivity index (χ2n) is 2.79. The minimum absolute atomic E-state index is 0.193. The molecule has 3 heteroatoms. The third-order valence-electron chi connectivity index (χ3n) is 1.79. The summed E-state index contributed by atoms with van der Waals surface area (Å²) < 4.78 is 17.6. The fourth-order valence-electron chi connectivity index (χ4n) is 1.00. The highest BCUT2D eigenvalue weighted by Crippen LogP contribution is 2.24. The number of Topliss-reactive ketones (excluding diaryl/α,β-unsaturated/α-hetero) is 1. The van der Waals surface area contributed by atoms with E-state index in [4.69, 9.17) is 4.74 Å². The average Bonchev–Trinajstić information content (AvgIpc) is 1.84. The lowest BCUT2D eigenvalue weighted by atomic mass is 9.94. The van der Waals surface area contributed by atoms with Gasteiger partial charge in [0.2, 0.25) is 0 Å². The molecule has 2 nitrogen and oxygen atoms in total. The van der Waals surface area contributed by atoms with Crippen LogP contribution in [0.1, 0.15) is 13.8 Å². The first-order valence-corrected chi connectivity index (χ1v) is 3.39. The van der Waals surface area contributed by atoms with E-state index in [0.717, 1.165) is 0 Å². The Labute approximate surface area is 59.4 Å². The van der Waals surface area contributed by atoms with Crippen molar-refractivity contribution in [3.05, 3.63) is 0 Å². The Balaban J connectivity index is 2.41. The predicted molar refractivity (Wildman–Crippen MR) is 34.5 cm³/mol. The zero-order chi connectivity index (χ0) is 7.72. The van der Waals surface area contributed by atoms with Crippen molar-refractivity contribution in [3.63, 3.8) is 0 Å². The van der Waals surface area contributed by atoms with Gasteiger partial charge in [-0.05, 0) is 6.92 Å². The predicted octanol–water partition coefficient (Wildman–Crippen LogP) is 0.948. The van der Waals surface area contributed by atoms with E-state index in [1.807, 2.05) is 6.92 Å². The van der Waals surface area contributed by atoms with E-state index in [2.05, 4.69) is 0 Å². The van der Waals surface area contributed by atoms with Gasteiger partial charge in [-0.25, -0.2) is 4.39 Å². The summed E-state index contributed by atoms with van der Waals surface area (Å²) in [6, 6.07) is 0. The van der Waals surface area contributed by atoms with Crippen LogP contribution in [0.4, 0.5) is 4.39 Å². The molecule has 1 rings (SSSR count). The van der Waals surface area contributed by atoms with Crippen LogP contribution in [-0.2, 0) is 9.53 Å². The Morgan fingerprint density at radius 2 is 2.40 bits per heavy atom. The quantitative estimate of drug-likeness (QED) is 0.579. The third-order valence-corrected chi connectivity index (χ3v) is 1.79. The maximum atomic E-state index is 12.7. The maximum absolute atomic E-state index is 12.7. The smallest absolute Gasteiger partial charge is 0.184 e. The van der Waals surface area contributed by atoms with E-state index in [1.165, 1.54) is 6.92 Å². The molecule has 3 atom stereocenters. The molecular formula is C7H11FO2. The zero-order valence-electron chi connectivity index (χ0n) is 6.13. The van der Waals surface area contributed by atoms with Crippen molar-refractivity contribution in [2.45, 2.75) is 26.1 Å². The second kappa shape index (κ2) is 2.66. The van der Waals surface area contributed by atoms with Crippen LogP contribution in [0.25, 0.3) is 0 Å². The number of rotatable bonds is 2. The first kappa shape index (κ1) is 7.66. The fraction of sp³-hybridized carbons (Fsp3) is 0.857. The highest BCUT2D eigenvalue weighted by atomic mass is 19.1. The van der Waals surface area contributed by atoms with E-state index in [1.54, 1.807) is 0 Å². The number of ketones is 1. The first-order chi connectivity index (χ1) is 4.63. The van der Waals surface area contributed by atoms with Crippen molar-refractivity contribution >= 4 is 5.78 Å². The Kier molecular flexibility index (Phi) is 2.04. The van der Waals surface area contributed by atoms with E-state index >= 15 is 0 Å². The van der Waals surface area contributed by atoms with Crippen LogP contribution < -0.4 is 0 Å². The van der Waals surface area contributed by atoms with Gasteiger partial charge in [-0.1, -0.05) is 6.92 Å². The van der Waals surface area contributed by atoms with E-state index in [-0.39, 0.29) is 5.92 Å². The zero-order valence-corrected chi connectivity index (χ0v) is 6.13. The lowest BCUT2D eigenvalue weighted by Crippen LogP contribution is -2.47. The van der Waals surface area contributed by atoms with Gasteiger partial charge in [0.1, 0.15) is 6.10 Å². The molecule has 0 saturated carbocycles. The number of carbonyl (C=O) groups is 1. The van der Waals surface area contributed by atoms with Gasteiger partial charge in [-0.15, -0.1) is 0 Å². The monoisotopic (exact) mass is 146 g/mol. The van der Waals surface area contributed by atoms with Gasteiger partial charge in [-0.3, -0.25) is 4.79 Å². The van der Waals surface area contributed by atoms with Crippen LogP contribution in [0.5, 0.6) is 0 Å². The summed E-state index contributed by atoms with van der Waals surface area (Å²) in [5, 5.41) is 0. The summed E-state index contributed by atoms with van der Waals surface area (Å²) >= 11 is 0.